The summed E-state index contributed by atoms with van der Waals surface area (Å²) in [4.78, 5) is 6.31. The number of aromatic nitrogens is 1. The molecule has 0 aliphatic heterocycles. The smallest absolute Gasteiger partial charge is 0.125 e. The van der Waals surface area contributed by atoms with E-state index in [1.807, 2.05) is 11.3 Å². The summed E-state index contributed by atoms with van der Waals surface area (Å²) in [6.07, 6.45) is 10.0. The minimum Gasteiger partial charge on any atom is -0.368 e. The Morgan fingerprint density at radius 3 is 2.50 bits per heavy atom. The van der Waals surface area contributed by atoms with Crippen molar-refractivity contribution < 1.29 is 4.74 Å². The van der Waals surface area contributed by atoms with E-state index in [0.29, 0.717) is 12.5 Å². The fraction of sp³-hybridized carbons (Fsp3) is 0.812. The third-order valence-electron chi connectivity index (χ3n) is 4.60. The summed E-state index contributed by atoms with van der Waals surface area (Å²) < 4.78 is 6.26. The van der Waals surface area contributed by atoms with Crippen molar-refractivity contribution in [2.75, 3.05) is 6.61 Å². The molecule has 3 nitrogen and oxygen atoms in total. The van der Waals surface area contributed by atoms with Gasteiger partial charge in [0.15, 0.2) is 0 Å². The van der Waals surface area contributed by atoms with Crippen molar-refractivity contribution in [1.82, 2.24) is 4.98 Å². The Hall–Kier alpha value is -0.450. The summed E-state index contributed by atoms with van der Waals surface area (Å²) in [5.41, 5.74) is 7.11. The zero-order valence-electron chi connectivity index (χ0n) is 12.5. The van der Waals surface area contributed by atoms with E-state index in [0.717, 1.165) is 19.4 Å². The second-order valence-corrected chi connectivity index (χ2v) is 7.23. The number of nitrogens with two attached hydrogens (primary N) is 1. The zero-order valence-corrected chi connectivity index (χ0v) is 13.3. The standard InChI is InChI=1S/C16H26N2OS/c1-2-19-16(9-5-3-4-6-10-16)15-18-14(12-7-8-12)13(11-17)20-15/h12H,2-11,17H2,1H3. The lowest BCUT2D eigenvalue weighted by Crippen LogP contribution is -2.29. The van der Waals surface area contributed by atoms with E-state index >= 15 is 0 Å². The second-order valence-electron chi connectivity index (χ2n) is 6.15. The quantitative estimate of drug-likeness (QED) is 0.833. The predicted octanol–water partition coefficient (Wildman–Crippen LogP) is 4.07. The van der Waals surface area contributed by atoms with Crippen LogP contribution in [-0.2, 0) is 16.9 Å². The van der Waals surface area contributed by atoms with Crippen LogP contribution in [0.4, 0.5) is 0 Å². The summed E-state index contributed by atoms with van der Waals surface area (Å²) in [6.45, 7) is 3.51. The molecule has 2 fully saturated rings. The molecule has 0 amide bonds. The van der Waals surface area contributed by atoms with E-state index in [4.69, 9.17) is 15.5 Å². The highest BCUT2D eigenvalue weighted by molar-refractivity contribution is 7.11. The van der Waals surface area contributed by atoms with Gasteiger partial charge in [-0.15, -0.1) is 11.3 Å². The molecule has 1 aromatic heterocycles. The molecule has 0 aromatic carbocycles. The van der Waals surface area contributed by atoms with Gasteiger partial charge in [0.2, 0.25) is 0 Å². The molecule has 0 atom stereocenters. The van der Waals surface area contributed by atoms with Crippen LogP contribution in [0.2, 0.25) is 0 Å². The van der Waals surface area contributed by atoms with Crippen molar-refractivity contribution >= 4 is 11.3 Å². The van der Waals surface area contributed by atoms with Gasteiger partial charge in [-0.3, -0.25) is 0 Å². The maximum absolute atomic E-state index is 6.26. The highest BCUT2D eigenvalue weighted by atomic mass is 32.1. The van der Waals surface area contributed by atoms with Crippen molar-refractivity contribution in [3.63, 3.8) is 0 Å². The molecule has 2 saturated carbocycles. The first-order chi connectivity index (χ1) is 9.79. The molecule has 0 radical (unpaired) electrons. The molecule has 2 N–H and O–H groups in total. The van der Waals surface area contributed by atoms with Crippen LogP contribution in [0.3, 0.4) is 0 Å². The summed E-state index contributed by atoms with van der Waals surface area (Å²) in [6, 6.07) is 0. The normalized spacial score (nSPS) is 22.7. The first kappa shape index (κ1) is 14.5. The van der Waals surface area contributed by atoms with Crippen molar-refractivity contribution in [2.24, 2.45) is 5.73 Å². The van der Waals surface area contributed by atoms with Crippen molar-refractivity contribution in [2.45, 2.75) is 76.4 Å². The number of nitrogens with zero attached hydrogens (tertiary/aromatic N) is 1. The highest BCUT2D eigenvalue weighted by Crippen LogP contribution is 2.47. The molecule has 0 bridgehead atoms. The Bertz CT molecular complexity index is 445. The van der Waals surface area contributed by atoms with E-state index < -0.39 is 0 Å². The number of thiazole rings is 1. The van der Waals surface area contributed by atoms with Crippen molar-refractivity contribution in [3.8, 4) is 0 Å². The van der Waals surface area contributed by atoms with Gasteiger partial charge in [-0.2, -0.15) is 0 Å². The molecule has 1 heterocycles. The van der Waals surface area contributed by atoms with Crippen LogP contribution >= 0.6 is 11.3 Å². The molecule has 2 aliphatic rings. The average molecular weight is 294 g/mol. The predicted molar refractivity (Wildman–Crippen MR) is 83.0 cm³/mol. The fourth-order valence-electron chi connectivity index (χ4n) is 3.38. The number of hydrogen-bond acceptors (Lipinski definition) is 4. The molecule has 20 heavy (non-hydrogen) atoms. The molecule has 3 rings (SSSR count). The molecular formula is C16H26N2OS. The number of rotatable bonds is 5. The Balaban J connectivity index is 1.93. The zero-order chi connectivity index (χ0) is 14.0. The Morgan fingerprint density at radius 2 is 1.95 bits per heavy atom. The van der Waals surface area contributed by atoms with Crippen LogP contribution < -0.4 is 5.73 Å². The Kier molecular flexibility index (Phi) is 4.43. The topological polar surface area (TPSA) is 48.1 Å². The van der Waals surface area contributed by atoms with E-state index in [-0.39, 0.29) is 5.60 Å². The average Bonchev–Trinajstić information content (AvgIpc) is 3.24. The molecule has 1 aromatic rings. The van der Waals surface area contributed by atoms with E-state index in [1.54, 1.807) is 0 Å². The van der Waals surface area contributed by atoms with E-state index in [1.165, 1.54) is 54.1 Å². The van der Waals surface area contributed by atoms with Gasteiger partial charge in [-0.25, -0.2) is 4.98 Å². The third-order valence-corrected chi connectivity index (χ3v) is 5.88. The Labute approximate surface area is 125 Å². The molecule has 2 aliphatic carbocycles. The van der Waals surface area contributed by atoms with Gasteiger partial charge in [-0.1, -0.05) is 25.7 Å². The first-order valence-electron chi connectivity index (χ1n) is 8.13. The van der Waals surface area contributed by atoms with Crippen LogP contribution in [0.15, 0.2) is 0 Å². The maximum Gasteiger partial charge on any atom is 0.125 e. The summed E-state index contributed by atoms with van der Waals surface area (Å²) in [5, 5.41) is 1.21. The lowest BCUT2D eigenvalue weighted by molar-refractivity contribution is -0.0560. The van der Waals surface area contributed by atoms with Gasteiger partial charge in [0, 0.05) is 23.9 Å². The second kappa shape index (κ2) is 6.12. The van der Waals surface area contributed by atoms with Crippen LogP contribution in [0.1, 0.15) is 79.8 Å². The summed E-state index contributed by atoms with van der Waals surface area (Å²) in [5.74, 6) is 0.683. The number of hydrogen-bond donors (Lipinski definition) is 1. The molecule has 0 spiro atoms. The van der Waals surface area contributed by atoms with Gasteiger partial charge in [0.05, 0.1) is 5.69 Å². The number of ether oxygens (including phenoxy) is 1. The summed E-state index contributed by atoms with van der Waals surface area (Å²) in [7, 11) is 0. The van der Waals surface area contributed by atoms with Crippen LogP contribution in [-0.4, -0.2) is 11.6 Å². The Morgan fingerprint density at radius 1 is 1.25 bits per heavy atom. The molecule has 0 saturated heterocycles. The van der Waals surface area contributed by atoms with Gasteiger partial charge < -0.3 is 10.5 Å². The van der Waals surface area contributed by atoms with Crippen LogP contribution in [0.25, 0.3) is 0 Å². The van der Waals surface area contributed by atoms with Crippen LogP contribution in [0.5, 0.6) is 0 Å². The first-order valence-corrected chi connectivity index (χ1v) is 8.95. The van der Waals surface area contributed by atoms with Crippen molar-refractivity contribution in [1.29, 1.82) is 0 Å². The van der Waals surface area contributed by atoms with Gasteiger partial charge in [-0.05, 0) is 32.6 Å². The SMILES string of the molecule is CCOC1(c2nc(C3CC3)c(CN)s2)CCCCCC1. The van der Waals surface area contributed by atoms with Gasteiger partial charge in [0.1, 0.15) is 10.6 Å². The maximum atomic E-state index is 6.26. The molecule has 112 valence electrons. The summed E-state index contributed by atoms with van der Waals surface area (Å²) >= 11 is 1.82. The fourth-order valence-corrected chi connectivity index (χ4v) is 4.60. The molecule has 0 unspecified atom stereocenters. The van der Waals surface area contributed by atoms with Crippen LogP contribution in [0, 0.1) is 0 Å². The van der Waals surface area contributed by atoms with Gasteiger partial charge in [0.25, 0.3) is 0 Å². The minimum absolute atomic E-state index is 0.118. The highest BCUT2D eigenvalue weighted by Gasteiger charge is 2.39. The lowest BCUT2D eigenvalue weighted by atomic mass is 9.95. The molecule has 4 heteroatoms. The minimum atomic E-state index is -0.118. The third kappa shape index (κ3) is 2.78. The largest absolute Gasteiger partial charge is 0.368 e. The monoisotopic (exact) mass is 294 g/mol. The van der Waals surface area contributed by atoms with Gasteiger partial charge >= 0.3 is 0 Å². The van der Waals surface area contributed by atoms with E-state index in [9.17, 15) is 0 Å². The van der Waals surface area contributed by atoms with Crippen molar-refractivity contribution in [3.05, 3.63) is 15.6 Å². The van der Waals surface area contributed by atoms with E-state index in [2.05, 4.69) is 6.92 Å². The lowest BCUT2D eigenvalue weighted by Gasteiger charge is -2.30. The molecular weight excluding hydrogens is 268 g/mol.